The van der Waals surface area contributed by atoms with E-state index in [-0.39, 0.29) is 5.75 Å². The van der Waals surface area contributed by atoms with Crippen LogP contribution in [0.3, 0.4) is 0 Å². The Morgan fingerprint density at radius 1 is 1.00 bits per heavy atom. The van der Waals surface area contributed by atoms with Crippen LogP contribution < -0.4 is 4.74 Å². The van der Waals surface area contributed by atoms with Gasteiger partial charge in [0.2, 0.25) is 0 Å². The van der Waals surface area contributed by atoms with Crippen LogP contribution in [0.15, 0.2) is 48.5 Å². The third-order valence-corrected chi connectivity index (χ3v) is 2.94. The van der Waals surface area contributed by atoms with E-state index in [2.05, 4.69) is 6.92 Å². The summed E-state index contributed by atoms with van der Waals surface area (Å²) in [5, 5.41) is 0. The molecular formula is C14H12O3S-. The summed E-state index contributed by atoms with van der Waals surface area (Å²) in [7, 11) is 0. The van der Waals surface area contributed by atoms with Crippen LogP contribution in [-0.2, 0) is 16.8 Å². The molecule has 2 aromatic carbocycles. The van der Waals surface area contributed by atoms with E-state index in [9.17, 15) is 8.76 Å². The average Bonchev–Trinajstić information content (AvgIpc) is 2.34. The van der Waals surface area contributed by atoms with Crippen LogP contribution in [0, 0.1) is 6.92 Å². The van der Waals surface area contributed by atoms with Crippen molar-refractivity contribution in [2.75, 3.05) is 0 Å². The highest BCUT2D eigenvalue weighted by molar-refractivity contribution is 7.78. The van der Waals surface area contributed by atoms with Gasteiger partial charge in [0.1, 0.15) is 11.5 Å². The molecule has 1 atom stereocenters. The number of ether oxygens (including phenoxy) is 1. The van der Waals surface area contributed by atoms with Crippen molar-refractivity contribution in [2.24, 2.45) is 0 Å². The SMILES string of the molecule is [CH2]c1ccc(Oc2ccc(CS(=O)[O-])cc2)cc1. The lowest BCUT2D eigenvalue weighted by Gasteiger charge is -2.08. The van der Waals surface area contributed by atoms with Crippen molar-refractivity contribution < 1.29 is 13.5 Å². The van der Waals surface area contributed by atoms with Crippen LogP contribution in [0.4, 0.5) is 0 Å². The Morgan fingerprint density at radius 2 is 1.50 bits per heavy atom. The van der Waals surface area contributed by atoms with Crippen molar-refractivity contribution in [3.63, 3.8) is 0 Å². The first kappa shape index (κ1) is 12.8. The van der Waals surface area contributed by atoms with E-state index in [1.54, 1.807) is 24.3 Å². The fraction of sp³-hybridized carbons (Fsp3) is 0.0714. The van der Waals surface area contributed by atoms with Crippen LogP contribution >= 0.6 is 0 Å². The van der Waals surface area contributed by atoms with Gasteiger partial charge in [-0.2, -0.15) is 0 Å². The van der Waals surface area contributed by atoms with E-state index < -0.39 is 11.1 Å². The van der Waals surface area contributed by atoms with Crippen LogP contribution in [0.2, 0.25) is 0 Å². The first-order valence-corrected chi connectivity index (χ1v) is 6.62. The molecule has 0 heterocycles. The third-order valence-electron chi connectivity index (χ3n) is 2.37. The van der Waals surface area contributed by atoms with E-state index in [0.29, 0.717) is 5.75 Å². The maximum Gasteiger partial charge on any atom is 0.127 e. The predicted molar refractivity (Wildman–Crippen MR) is 70.0 cm³/mol. The normalized spacial score (nSPS) is 12.1. The second kappa shape index (κ2) is 5.80. The van der Waals surface area contributed by atoms with Gasteiger partial charge in [-0.3, -0.25) is 4.21 Å². The smallest absolute Gasteiger partial charge is 0.127 e. The van der Waals surface area contributed by atoms with Crippen molar-refractivity contribution in [2.45, 2.75) is 5.75 Å². The fourth-order valence-electron chi connectivity index (χ4n) is 1.48. The molecule has 93 valence electrons. The summed E-state index contributed by atoms with van der Waals surface area (Å²) >= 11 is -2.06. The Bertz CT molecular complexity index is 532. The molecule has 0 aliphatic rings. The van der Waals surface area contributed by atoms with Gasteiger partial charge in [-0.15, -0.1) is 0 Å². The van der Waals surface area contributed by atoms with Gasteiger partial charge in [0.15, 0.2) is 0 Å². The summed E-state index contributed by atoms with van der Waals surface area (Å²) in [6.45, 7) is 3.79. The molecule has 0 fully saturated rings. The van der Waals surface area contributed by atoms with Crippen LogP contribution in [0.25, 0.3) is 0 Å². The molecule has 1 radical (unpaired) electrons. The Labute approximate surface area is 109 Å². The Hall–Kier alpha value is -1.65. The highest BCUT2D eigenvalue weighted by Crippen LogP contribution is 2.22. The quantitative estimate of drug-likeness (QED) is 0.794. The third kappa shape index (κ3) is 3.68. The molecule has 0 N–H and O–H groups in total. The molecule has 0 saturated heterocycles. The zero-order valence-corrected chi connectivity index (χ0v) is 10.5. The second-order valence-corrected chi connectivity index (χ2v) is 4.73. The summed E-state index contributed by atoms with van der Waals surface area (Å²) in [5.41, 5.74) is 1.67. The molecule has 3 nitrogen and oxygen atoms in total. The van der Waals surface area contributed by atoms with Crippen LogP contribution in [0.5, 0.6) is 11.5 Å². The molecule has 0 spiro atoms. The number of hydrogen-bond acceptors (Lipinski definition) is 3. The second-order valence-electron chi connectivity index (χ2n) is 3.84. The highest BCUT2D eigenvalue weighted by Gasteiger charge is 1.98. The van der Waals surface area contributed by atoms with Gasteiger partial charge >= 0.3 is 0 Å². The Balaban J connectivity index is 2.06. The molecule has 0 aromatic heterocycles. The monoisotopic (exact) mass is 260 g/mol. The van der Waals surface area contributed by atoms with Gasteiger partial charge in [-0.1, -0.05) is 35.3 Å². The summed E-state index contributed by atoms with van der Waals surface area (Å²) in [6.07, 6.45) is 0. The molecule has 0 saturated carbocycles. The van der Waals surface area contributed by atoms with Gasteiger partial charge in [0.05, 0.1) is 0 Å². The zero-order chi connectivity index (χ0) is 13.0. The van der Waals surface area contributed by atoms with Crippen molar-refractivity contribution in [1.29, 1.82) is 0 Å². The highest BCUT2D eigenvalue weighted by atomic mass is 32.2. The molecule has 0 bridgehead atoms. The van der Waals surface area contributed by atoms with Crippen molar-refractivity contribution in [3.05, 3.63) is 66.6 Å². The van der Waals surface area contributed by atoms with Crippen molar-refractivity contribution in [1.82, 2.24) is 0 Å². The lowest BCUT2D eigenvalue weighted by molar-refractivity contribution is 0.482. The van der Waals surface area contributed by atoms with E-state index in [1.165, 1.54) is 0 Å². The number of rotatable bonds is 4. The van der Waals surface area contributed by atoms with Gasteiger partial charge in [-0.25, -0.2) is 0 Å². The summed E-state index contributed by atoms with van der Waals surface area (Å²) in [4.78, 5) is 0. The van der Waals surface area contributed by atoms with E-state index in [4.69, 9.17) is 4.74 Å². The minimum atomic E-state index is -2.06. The van der Waals surface area contributed by atoms with Gasteiger partial charge in [0.25, 0.3) is 0 Å². The molecule has 2 aromatic rings. The minimum Gasteiger partial charge on any atom is -0.772 e. The van der Waals surface area contributed by atoms with E-state index in [1.807, 2.05) is 24.3 Å². The zero-order valence-electron chi connectivity index (χ0n) is 9.67. The van der Waals surface area contributed by atoms with Gasteiger partial charge < -0.3 is 9.29 Å². The fourth-order valence-corrected chi connectivity index (χ4v) is 1.95. The first-order valence-electron chi connectivity index (χ1n) is 5.38. The number of hydrogen-bond donors (Lipinski definition) is 0. The lowest BCUT2D eigenvalue weighted by Crippen LogP contribution is -1.93. The van der Waals surface area contributed by atoms with Crippen LogP contribution in [0.1, 0.15) is 11.1 Å². The lowest BCUT2D eigenvalue weighted by atomic mass is 10.2. The van der Waals surface area contributed by atoms with Gasteiger partial charge in [-0.05, 0) is 42.3 Å². The Kier molecular flexibility index (Phi) is 4.12. The Morgan fingerprint density at radius 3 is 2.00 bits per heavy atom. The summed E-state index contributed by atoms with van der Waals surface area (Å²) in [5.74, 6) is 1.42. The van der Waals surface area contributed by atoms with E-state index in [0.717, 1.165) is 16.9 Å². The van der Waals surface area contributed by atoms with Gasteiger partial charge in [0, 0.05) is 5.75 Å². The molecule has 0 aliphatic heterocycles. The molecule has 2 rings (SSSR count). The molecular weight excluding hydrogens is 248 g/mol. The van der Waals surface area contributed by atoms with Crippen molar-refractivity contribution >= 4 is 11.1 Å². The van der Waals surface area contributed by atoms with Crippen LogP contribution in [-0.4, -0.2) is 8.76 Å². The van der Waals surface area contributed by atoms with Crippen molar-refractivity contribution in [3.8, 4) is 11.5 Å². The molecule has 0 amide bonds. The molecule has 1 unspecified atom stereocenters. The summed E-state index contributed by atoms with van der Waals surface area (Å²) < 4.78 is 26.7. The largest absolute Gasteiger partial charge is 0.772 e. The molecule has 18 heavy (non-hydrogen) atoms. The summed E-state index contributed by atoms with van der Waals surface area (Å²) in [6, 6.07) is 14.4. The maximum absolute atomic E-state index is 10.5. The average molecular weight is 260 g/mol. The molecule has 0 aliphatic carbocycles. The predicted octanol–water partition coefficient (Wildman–Crippen LogP) is 3.04. The topological polar surface area (TPSA) is 49.4 Å². The number of benzene rings is 2. The standard InChI is InChI=1S/C14H13O3S/c1-11-2-6-13(7-3-11)17-14-8-4-12(5-9-14)10-18(15)16/h2-9H,1,10H2,(H,15,16)/p-1. The van der Waals surface area contributed by atoms with E-state index >= 15 is 0 Å². The first-order chi connectivity index (χ1) is 8.63. The minimum absolute atomic E-state index is 0.0243. The molecule has 4 heteroatoms. The maximum atomic E-state index is 10.5.